The van der Waals surface area contributed by atoms with Gasteiger partial charge in [-0.15, -0.1) is 0 Å². The summed E-state index contributed by atoms with van der Waals surface area (Å²) in [6.45, 7) is 9.19. The van der Waals surface area contributed by atoms with Gasteiger partial charge >= 0.3 is 0 Å². The smallest absolute Gasteiger partial charge is 0.222 e. The molecule has 0 radical (unpaired) electrons. The van der Waals surface area contributed by atoms with E-state index in [0.717, 1.165) is 26.1 Å². The number of carbonyl (C=O) groups excluding carboxylic acids is 1. The summed E-state index contributed by atoms with van der Waals surface area (Å²) in [7, 11) is 0. The highest BCUT2D eigenvalue weighted by Gasteiger charge is 2.22. The lowest BCUT2D eigenvalue weighted by molar-refractivity contribution is -0.134. The maximum absolute atomic E-state index is 11.8. The molecule has 1 aliphatic heterocycles. The fourth-order valence-electron chi connectivity index (χ4n) is 1.77. The van der Waals surface area contributed by atoms with E-state index < -0.39 is 0 Å². The number of nitrogens with zero attached hydrogens (tertiary/aromatic N) is 1. The van der Waals surface area contributed by atoms with E-state index in [1.165, 1.54) is 0 Å². The Hall–Kier alpha value is -0.570. The van der Waals surface area contributed by atoms with Gasteiger partial charge in [-0.2, -0.15) is 0 Å². The van der Waals surface area contributed by atoms with Crippen LogP contribution in [0.25, 0.3) is 0 Å². The van der Waals surface area contributed by atoms with E-state index in [-0.39, 0.29) is 0 Å². The molecule has 1 rings (SSSR count). The van der Waals surface area contributed by atoms with Crippen LogP contribution in [0.2, 0.25) is 0 Å². The van der Waals surface area contributed by atoms with Gasteiger partial charge in [0, 0.05) is 32.1 Å². The molecule has 0 unspecified atom stereocenters. The number of hydrogen-bond donors (Lipinski definition) is 1. The normalized spacial score (nSPS) is 22.9. The van der Waals surface area contributed by atoms with Gasteiger partial charge in [0.1, 0.15) is 0 Å². The van der Waals surface area contributed by atoms with Gasteiger partial charge in [-0.3, -0.25) is 4.79 Å². The van der Waals surface area contributed by atoms with Crippen LogP contribution in [0.1, 0.15) is 33.6 Å². The molecular formula is C11H22N2O. The van der Waals surface area contributed by atoms with Gasteiger partial charge < -0.3 is 10.2 Å². The van der Waals surface area contributed by atoms with Crippen molar-refractivity contribution in [3.05, 3.63) is 0 Å². The first-order chi connectivity index (χ1) is 6.61. The van der Waals surface area contributed by atoms with Gasteiger partial charge in [0.15, 0.2) is 0 Å². The number of hydrogen-bond acceptors (Lipinski definition) is 2. The van der Waals surface area contributed by atoms with E-state index in [1.54, 1.807) is 0 Å². The molecule has 1 atom stereocenters. The molecule has 1 saturated heterocycles. The lowest BCUT2D eigenvalue weighted by Gasteiger charge is -2.34. The third-order valence-electron chi connectivity index (χ3n) is 2.76. The zero-order valence-electron chi connectivity index (χ0n) is 9.55. The van der Waals surface area contributed by atoms with Crippen molar-refractivity contribution >= 4 is 5.91 Å². The predicted octanol–water partition coefficient (Wildman–Crippen LogP) is 1.24. The van der Waals surface area contributed by atoms with Crippen molar-refractivity contribution in [2.75, 3.05) is 19.6 Å². The minimum absolute atomic E-state index is 0.327. The second-order valence-electron chi connectivity index (χ2n) is 4.57. The first-order valence-electron chi connectivity index (χ1n) is 5.61. The molecule has 3 nitrogen and oxygen atoms in total. The second-order valence-corrected chi connectivity index (χ2v) is 4.57. The molecule has 1 aliphatic rings. The lowest BCUT2D eigenvalue weighted by Crippen LogP contribution is -2.52. The third-order valence-corrected chi connectivity index (χ3v) is 2.76. The van der Waals surface area contributed by atoms with Crippen LogP contribution in [-0.4, -0.2) is 36.5 Å². The molecule has 0 aromatic rings. The highest BCUT2D eigenvalue weighted by Crippen LogP contribution is 2.10. The molecule has 3 heteroatoms. The number of carbonyl (C=O) groups is 1. The minimum atomic E-state index is 0.327. The second kappa shape index (κ2) is 5.35. The average molecular weight is 198 g/mol. The van der Waals surface area contributed by atoms with Gasteiger partial charge in [0.05, 0.1) is 0 Å². The Bertz CT molecular complexity index is 192. The van der Waals surface area contributed by atoms with Gasteiger partial charge in [-0.25, -0.2) is 0 Å². The van der Waals surface area contributed by atoms with Gasteiger partial charge in [0.2, 0.25) is 5.91 Å². The third kappa shape index (κ3) is 3.29. The van der Waals surface area contributed by atoms with Crippen LogP contribution >= 0.6 is 0 Å². The molecule has 0 bridgehead atoms. The summed E-state index contributed by atoms with van der Waals surface area (Å²) >= 11 is 0. The molecule has 1 heterocycles. The van der Waals surface area contributed by atoms with Crippen LogP contribution in [-0.2, 0) is 4.79 Å². The largest absolute Gasteiger partial charge is 0.337 e. The Morgan fingerprint density at radius 3 is 2.86 bits per heavy atom. The quantitative estimate of drug-likeness (QED) is 0.740. The molecule has 0 aromatic heterocycles. The Morgan fingerprint density at radius 1 is 1.57 bits per heavy atom. The van der Waals surface area contributed by atoms with Crippen LogP contribution in [0.3, 0.4) is 0 Å². The Morgan fingerprint density at radius 2 is 2.29 bits per heavy atom. The number of rotatable bonds is 3. The molecule has 0 aliphatic carbocycles. The summed E-state index contributed by atoms with van der Waals surface area (Å²) in [6, 6.07) is 0.364. The van der Waals surface area contributed by atoms with Gasteiger partial charge in [-0.1, -0.05) is 13.8 Å². The highest BCUT2D eigenvalue weighted by molar-refractivity contribution is 5.76. The van der Waals surface area contributed by atoms with Crippen LogP contribution < -0.4 is 5.32 Å². The standard InChI is InChI=1S/C11H22N2O/c1-9(2)4-5-11(14)13-7-6-12-8-10(13)3/h9-10,12H,4-8H2,1-3H3/t10-/m0/s1. The van der Waals surface area contributed by atoms with E-state index in [1.807, 2.05) is 4.90 Å². The van der Waals surface area contributed by atoms with E-state index >= 15 is 0 Å². The van der Waals surface area contributed by atoms with E-state index in [4.69, 9.17) is 0 Å². The number of nitrogens with one attached hydrogen (secondary N) is 1. The van der Waals surface area contributed by atoms with E-state index in [0.29, 0.717) is 24.3 Å². The van der Waals surface area contributed by atoms with Crippen LogP contribution in [0.5, 0.6) is 0 Å². The SMILES string of the molecule is CC(C)CCC(=O)N1CCNC[C@@H]1C. The zero-order chi connectivity index (χ0) is 10.6. The molecule has 82 valence electrons. The Balaban J connectivity index is 2.34. The monoisotopic (exact) mass is 198 g/mol. The topological polar surface area (TPSA) is 32.3 Å². The fourth-order valence-corrected chi connectivity index (χ4v) is 1.77. The van der Waals surface area contributed by atoms with Crippen LogP contribution in [0.15, 0.2) is 0 Å². The number of piperazine rings is 1. The summed E-state index contributed by atoms with van der Waals surface area (Å²) in [5, 5.41) is 3.29. The van der Waals surface area contributed by atoms with E-state index in [9.17, 15) is 4.79 Å². The minimum Gasteiger partial charge on any atom is -0.337 e. The summed E-state index contributed by atoms with van der Waals surface area (Å²) < 4.78 is 0. The molecule has 0 spiro atoms. The van der Waals surface area contributed by atoms with Crippen molar-refractivity contribution in [1.29, 1.82) is 0 Å². The Kier molecular flexibility index (Phi) is 4.39. The van der Waals surface area contributed by atoms with Crippen molar-refractivity contribution in [1.82, 2.24) is 10.2 Å². The van der Waals surface area contributed by atoms with E-state index in [2.05, 4.69) is 26.1 Å². The molecule has 1 fully saturated rings. The number of amides is 1. The average Bonchev–Trinajstić information content (AvgIpc) is 2.15. The molecule has 0 aromatic carbocycles. The summed E-state index contributed by atoms with van der Waals surface area (Å²) in [6.07, 6.45) is 1.72. The fraction of sp³-hybridized carbons (Fsp3) is 0.909. The van der Waals surface area contributed by atoms with Crippen LogP contribution in [0.4, 0.5) is 0 Å². The first kappa shape index (κ1) is 11.5. The molecule has 14 heavy (non-hydrogen) atoms. The lowest BCUT2D eigenvalue weighted by atomic mass is 10.1. The maximum atomic E-state index is 11.8. The van der Waals surface area contributed by atoms with Crippen molar-refractivity contribution in [2.45, 2.75) is 39.7 Å². The predicted molar refractivity (Wildman–Crippen MR) is 58.1 cm³/mol. The van der Waals surface area contributed by atoms with Crippen molar-refractivity contribution < 1.29 is 4.79 Å². The summed E-state index contributed by atoms with van der Waals surface area (Å²) in [4.78, 5) is 13.8. The Labute approximate surface area is 86.9 Å². The van der Waals surface area contributed by atoms with Crippen molar-refractivity contribution in [3.63, 3.8) is 0 Å². The van der Waals surface area contributed by atoms with Gasteiger partial charge in [0.25, 0.3) is 0 Å². The summed E-state index contributed by atoms with van der Waals surface area (Å²) in [5.41, 5.74) is 0. The molecule has 1 amide bonds. The molecule has 1 N–H and O–H groups in total. The first-order valence-corrected chi connectivity index (χ1v) is 5.61. The summed E-state index contributed by atoms with van der Waals surface area (Å²) in [5.74, 6) is 0.949. The highest BCUT2D eigenvalue weighted by atomic mass is 16.2. The van der Waals surface area contributed by atoms with Gasteiger partial charge in [-0.05, 0) is 19.3 Å². The van der Waals surface area contributed by atoms with Crippen molar-refractivity contribution in [2.24, 2.45) is 5.92 Å². The molecule has 0 saturated carbocycles. The van der Waals surface area contributed by atoms with Crippen LogP contribution in [0, 0.1) is 5.92 Å². The maximum Gasteiger partial charge on any atom is 0.222 e. The van der Waals surface area contributed by atoms with Crippen molar-refractivity contribution in [3.8, 4) is 0 Å². The molecular weight excluding hydrogens is 176 g/mol. The zero-order valence-corrected chi connectivity index (χ0v) is 9.55.